The van der Waals surface area contributed by atoms with Gasteiger partial charge in [-0.1, -0.05) is 34.1 Å². The molecule has 16 heavy (non-hydrogen) atoms. The maximum atomic E-state index is 9.35. The lowest BCUT2D eigenvalue weighted by Crippen LogP contribution is -2.18. The van der Waals surface area contributed by atoms with Crippen molar-refractivity contribution in [3.8, 4) is 0 Å². The normalized spacial score (nSPS) is 14.8. The van der Waals surface area contributed by atoms with E-state index in [1.165, 1.54) is 5.56 Å². The Morgan fingerprint density at radius 2 is 2.06 bits per heavy atom. The van der Waals surface area contributed by atoms with Crippen LogP contribution in [0.25, 0.3) is 0 Å². The van der Waals surface area contributed by atoms with Crippen LogP contribution < -0.4 is 0 Å². The Labute approximate surface area is 106 Å². The smallest absolute Gasteiger partial charge is 0.0546 e. The van der Waals surface area contributed by atoms with Crippen molar-refractivity contribution < 1.29 is 9.84 Å². The number of hydrogen-bond acceptors (Lipinski definition) is 2. The Balaban J connectivity index is 2.60. The minimum Gasteiger partial charge on any atom is -0.396 e. The second kappa shape index (κ2) is 7.05. The molecule has 1 aromatic rings. The van der Waals surface area contributed by atoms with E-state index in [9.17, 15) is 5.11 Å². The van der Waals surface area contributed by atoms with Crippen molar-refractivity contribution in [3.63, 3.8) is 0 Å². The lowest BCUT2D eigenvalue weighted by atomic mass is 9.95. The first-order valence-electron chi connectivity index (χ1n) is 5.54. The first-order chi connectivity index (χ1) is 7.67. The highest BCUT2D eigenvalue weighted by atomic mass is 79.9. The van der Waals surface area contributed by atoms with Crippen LogP contribution >= 0.6 is 15.9 Å². The summed E-state index contributed by atoms with van der Waals surface area (Å²) < 4.78 is 6.34. The zero-order chi connectivity index (χ0) is 12.0. The number of aliphatic hydroxyl groups excluding tert-OH is 1. The van der Waals surface area contributed by atoms with Gasteiger partial charge in [-0.3, -0.25) is 0 Å². The molecule has 1 N–H and O–H groups in total. The SMILES string of the molecule is COC(C)CC(CO)Cc1ccccc1Br. The summed E-state index contributed by atoms with van der Waals surface area (Å²) in [6.07, 6.45) is 1.96. The lowest BCUT2D eigenvalue weighted by Gasteiger charge is -2.18. The van der Waals surface area contributed by atoms with Crippen molar-refractivity contribution in [1.29, 1.82) is 0 Å². The van der Waals surface area contributed by atoms with E-state index in [2.05, 4.69) is 22.0 Å². The molecule has 0 saturated heterocycles. The van der Waals surface area contributed by atoms with Crippen molar-refractivity contribution >= 4 is 15.9 Å². The number of ether oxygens (including phenoxy) is 1. The Kier molecular flexibility index (Phi) is 6.03. The zero-order valence-electron chi connectivity index (χ0n) is 9.82. The highest BCUT2D eigenvalue weighted by molar-refractivity contribution is 9.10. The summed E-state index contributed by atoms with van der Waals surface area (Å²) in [7, 11) is 1.71. The molecule has 0 radical (unpaired) electrons. The molecule has 1 aromatic carbocycles. The second-order valence-corrected chi connectivity index (χ2v) is 4.98. The fourth-order valence-electron chi connectivity index (χ4n) is 1.76. The molecule has 0 amide bonds. The summed E-state index contributed by atoms with van der Waals surface area (Å²) in [5.74, 6) is 0.258. The summed E-state index contributed by atoms with van der Waals surface area (Å²) in [5, 5.41) is 9.35. The van der Waals surface area contributed by atoms with E-state index in [-0.39, 0.29) is 18.6 Å². The first kappa shape index (κ1) is 13.7. The van der Waals surface area contributed by atoms with Crippen molar-refractivity contribution in [3.05, 3.63) is 34.3 Å². The van der Waals surface area contributed by atoms with Crippen LogP contribution in [-0.4, -0.2) is 24.9 Å². The van der Waals surface area contributed by atoms with Crippen LogP contribution in [-0.2, 0) is 11.2 Å². The van der Waals surface area contributed by atoms with E-state index in [0.29, 0.717) is 0 Å². The fourth-order valence-corrected chi connectivity index (χ4v) is 2.21. The third kappa shape index (κ3) is 4.24. The van der Waals surface area contributed by atoms with E-state index in [1.807, 2.05) is 25.1 Å². The van der Waals surface area contributed by atoms with Crippen LogP contribution in [0.15, 0.2) is 28.7 Å². The van der Waals surface area contributed by atoms with E-state index < -0.39 is 0 Å². The Morgan fingerprint density at radius 1 is 1.38 bits per heavy atom. The van der Waals surface area contributed by atoms with Gasteiger partial charge in [0.15, 0.2) is 0 Å². The Bertz CT molecular complexity index is 315. The maximum absolute atomic E-state index is 9.35. The Morgan fingerprint density at radius 3 is 2.62 bits per heavy atom. The van der Waals surface area contributed by atoms with Crippen molar-refractivity contribution in [1.82, 2.24) is 0 Å². The van der Waals surface area contributed by atoms with E-state index in [1.54, 1.807) is 7.11 Å². The van der Waals surface area contributed by atoms with Crippen LogP contribution in [0.5, 0.6) is 0 Å². The van der Waals surface area contributed by atoms with Gasteiger partial charge in [0.2, 0.25) is 0 Å². The minimum atomic E-state index is 0.194. The third-order valence-corrected chi connectivity index (χ3v) is 3.57. The number of rotatable bonds is 6. The molecule has 90 valence electrons. The zero-order valence-corrected chi connectivity index (χ0v) is 11.4. The minimum absolute atomic E-state index is 0.194. The Hall–Kier alpha value is -0.380. The van der Waals surface area contributed by atoms with Gasteiger partial charge in [0.1, 0.15) is 0 Å². The van der Waals surface area contributed by atoms with Gasteiger partial charge in [0, 0.05) is 18.2 Å². The van der Waals surface area contributed by atoms with Crippen LogP contribution in [0.1, 0.15) is 18.9 Å². The molecule has 0 aliphatic carbocycles. The molecule has 0 heterocycles. The highest BCUT2D eigenvalue weighted by Gasteiger charge is 2.13. The van der Waals surface area contributed by atoms with E-state index in [4.69, 9.17) is 4.74 Å². The molecular formula is C13H19BrO2. The van der Waals surface area contributed by atoms with Crippen LogP contribution in [0, 0.1) is 5.92 Å². The number of hydrogen-bond donors (Lipinski definition) is 1. The average Bonchev–Trinajstić information content (AvgIpc) is 2.30. The summed E-state index contributed by atoms with van der Waals surface area (Å²) in [6.45, 7) is 2.23. The predicted octanol–water partition coefficient (Wildman–Crippen LogP) is 3.03. The van der Waals surface area contributed by atoms with Crippen LogP contribution in [0.3, 0.4) is 0 Å². The van der Waals surface area contributed by atoms with Crippen LogP contribution in [0.2, 0.25) is 0 Å². The lowest BCUT2D eigenvalue weighted by molar-refractivity contribution is 0.0806. The van der Waals surface area contributed by atoms with Crippen LogP contribution in [0.4, 0.5) is 0 Å². The molecule has 1 rings (SSSR count). The fraction of sp³-hybridized carbons (Fsp3) is 0.538. The number of aliphatic hydroxyl groups is 1. The summed E-state index contributed by atoms with van der Waals surface area (Å²) in [5.41, 5.74) is 1.24. The van der Waals surface area contributed by atoms with Crippen molar-refractivity contribution in [2.24, 2.45) is 5.92 Å². The van der Waals surface area contributed by atoms with Crippen molar-refractivity contribution in [2.45, 2.75) is 25.9 Å². The summed E-state index contributed by atoms with van der Waals surface area (Å²) >= 11 is 3.52. The standard InChI is InChI=1S/C13H19BrO2/c1-10(16-2)7-11(9-15)8-12-5-3-4-6-13(12)14/h3-6,10-11,15H,7-9H2,1-2H3. The molecule has 0 aliphatic heterocycles. The number of methoxy groups -OCH3 is 1. The molecule has 2 unspecified atom stereocenters. The monoisotopic (exact) mass is 286 g/mol. The van der Waals surface area contributed by atoms with Gasteiger partial charge >= 0.3 is 0 Å². The molecule has 0 bridgehead atoms. The second-order valence-electron chi connectivity index (χ2n) is 4.13. The third-order valence-electron chi connectivity index (χ3n) is 2.79. The number of halogens is 1. The van der Waals surface area contributed by atoms with Gasteiger partial charge in [0.05, 0.1) is 6.10 Å². The highest BCUT2D eigenvalue weighted by Crippen LogP contribution is 2.21. The number of benzene rings is 1. The molecule has 0 aliphatic rings. The van der Waals surface area contributed by atoms with Gasteiger partial charge in [-0.15, -0.1) is 0 Å². The van der Waals surface area contributed by atoms with Gasteiger partial charge < -0.3 is 9.84 Å². The van der Waals surface area contributed by atoms with Crippen molar-refractivity contribution in [2.75, 3.05) is 13.7 Å². The predicted molar refractivity (Wildman–Crippen MR) is 69.5 cm³/mol. The molecule has 2 atom stereocenters. The van der Waals surface area contributed by atoms with Gasteiger partial charge in [-0.05, 0) is 37.3 Å². The largest absolute Gasteiger partial charge is 0.396 e. The van der Waals surface area contributed by atoms with E-state index in [0.717, 1.165) is 17.3 Å². The maximum Gasteiger partial charge on any atom is 0.0546 e. The van der Waals surface area contributed by atoms with Gasteiger partial charge in [-0.2, -0.15) is 0 Å². The topological polar surface area (TPSA) is 29.5 Å². The molecule has 0 fully saturated rings. The van der Waals surface area contributed by atoms with Gasteiger partial charge in [0.25, 0.3) is 0 Å². The summed E-state index contributed by atoms with van der Waals surface area (Å²) in [6, 6.07) is 8.14. The molecular weight excluding hydrogens is 268 g/mol. The molecule has 0 aromatic heterocycles. The van der Waals surface area contributed by atoms with E-state index >= 15 is 0 Å². The average molecular weight is 287 g/mol. The van der Waals surface area contributed by atoms with Gasteiger partial charge in [-0.25, -0.2) is 0 Å². The summed E-state index contributed by atoms with van der Waals surface area (Å²) in [4.78, 5) is 0. The first-order valence-corrected chi connectivity index (χ1v) is 6.33. The molecule has 0 spiro atoms. The molecule has 2 nitrogen and oxygen atoms in total. The molecule has 0 saturated carbocycles. The molecule has 3 heteroatoms. The quantitative estimate of drug-likeness (QED) is 0.871.